The predicted molar refractivity (Wildman–Crippen MR) is 122 cm³/mol. The molecule has 0 aromatic rings. The first-order valence-corrected chi connectivity index (χ1v) is 12.7. The lowest BCUT2D eigenvalue weighted by molar-refractivity contribution is -0.145. The van der Waals surface area contributed by atoms with Crippen LogP contribution in [0.4, 0.5) is 0 Å². The minimum Gasteiger partial charge on any atom is -0.463 e. The first-order chi connectivity index (χ1) is 13.3. The van der Waals surface area contributed by atoms with E-state index in [2.05, 4.69) is 29.5 Å². The van der Waals surface area contributed by atoms with Gasteiger partial charge in [-0.3, -0.25) is 4.79 Å². The van der Waals surface area contributed by atoms with Gasteiger partial charge >= 0.3 is 5.97 Å². The average molecular weight is 498 g/mol. The molecule has 0 N–H and O–H groups in total. The van der Waals surface area contributed by atoms with Gasteiger partial charge in [-0.2, -0.15) is 0 Å². The van der Waals surface area contributed by atoms with E-state index in [9.17, 15) is 4.79 Å². The molecule has 0 rings (SSSR count). The van der Waals surface area contributed by atoms with Crippen molar-refractivity contribution in [1.82, 2.24) is 0 Å². The van der Waals surface area contributed by atoms with Crippen molar-refractivity contribution < 1.29 is 19.0 Å². The number of alkyl halides is 1. The van der Waals surface area contributed by atoms with Gasteiger partial charge in [0.05, 0.1) is 26.4 Å². The fourth-order valence-electron chi connectivity index (χ4n) is 2.95. The molecule has 0 saturated heterocycles. The lowest BCUT2D eigenvalue weighted by Gasteiger charge is -2.06. The van der Waals surface area contributed by atoms with Crippen LogP contribution < -0.4 is 0 Å². The Hall–Kier alpha value is 0.120. The Balaban J connectivity index is 3.12. The molecule has 162 valence electrons. The number of ether oxygens (including phenoxy) is 3. The maximum Gasteiger partial charge on any atom is 0.305 e. The van der Waals surface area contributed by atoms with Crippen LogP contribution in [-0.4, -0.2) is 43.4 Å². The molecule has 0 radical (unpaired) electrons. The van der Waals surface area contributed by atoms with E-state index in [4.69, 9.17) is 14.2 Å². The molecule has 0 aromatic carbocycles. The summed E-state index contributed by atoms with van der Waals surface area (Å²) in [5.41, 5.74) is 0. The van der Waals surface area contributed by atoms with Crippen molar-refractivity contribution in [2.45, 2.75) is 96.8 Å². The molecule has 0 aliphatic heterocycles. The van der Waals surface area contributed by atoms with Crippen molar-refractivity contribution in [2.75, 3.05) is 37.5 Å². The molecule has 27 heavy (non-hydrogen) atoms. The van der Waals surface area contributed by atoms with Gasteiger partial charge in [0.1, 0.15) is 6.61 Å². The Morgan fingerprint density at radius 2 is 1.07 bits per heavy atom. The Morgan fingerprint density at radius 1 is 0.630 bits per heavy atom. The van der Waals surface area contributed by atoms with Gasteiger partial charge in [0, 0.05) is 10.8 Å². The molecule has 4 nitrogen and oxygen atoms in total. The van der Waals surface area contributed by atoms with Crippen LogP contribution in [0.5, 0.6) is 0 Å². The predicted octanol–water partition coefficient (Wildman–Crippen LogP) is 6.48. The fraction of sp³-hybridized carbons (Fsp3) is 0.955. The van der Waals surface area contributed by atoms with E-state index in [1.165, 1.54) is 70.6 Å². The summed E-state index contributed by atoms with van der Waals surface area (Å²) in [4.78, 5) is 11.6. The number of hydrogen-bond donors (Lipinski definition) is 0. The van der Waals surface area contributed by atoms with Crippen LogP contribution >= 0.6 is 22.6 Å². The van der Waals surface area contributed by atoms with E-state index in [0.717, 1.165) is 23.9 Å². The zero-order chi connectivity index (χ0) is 19.8. The quantitative estimate of drug-likeness (QED) is 0.0742. The monoisotopic (exact) mass is 498 g/mol. The highest BCUT2D eigenvalue weighted by Gasteiger charge is 2.02. The fourth-order valence-corrected chi connectivity index (χ4v) is 3.26. The summed E-state index contributed by atoms with van der Waals surface area (Å²) in [5, 5.41) is 0. The van der Waals surface area contributed by atoms with Gasteiger partial charge in [-0.25, -0.2) is 0 Å². The number of carbonyl (C=O) groups is 1. The van der Waals surface area contributed by atoms with E-state index in [-0.39, 0.29) is 5.97 Å². The highest BCUT2D eigenvalue weighted by atomic mass is 127. The van der Waals surface area contributed by atoms with Crippen molar-refractivity contribution in [3.05, 3.63) is 0 Å². The van der Waals surface area contributed by atoms with Crippen LogP contribution in [0, 0.1) is 0 Å². The van der Waals surface area contributed by atoms with Crippen LogP contribution in [-0.2, 0) is 19.0 Å². The maximum atomic E-state index is 11.6. The number of esters is 1. The second kappa shape index (κ2) is 24.2. The molecular formula is C22H43IO4. The van der Waals surface area contributed by atoms with Gasteiger partial charge in [0.25, 0.3) is 0 Å². The molecule has 0 bridgehead atoms. The molecular weight excluding hydrogens is 455 g/mol. The first kappa shape index (κ1) is 27.1. The summed E-state index contributed by atoms with van der Waals surface area (Å²) in [6.07, 6.45) is 17.7. The number of rotatable bonds is 22. The van der Waals surface area contributed by atoms with E-state index < -0.39 is 0 Å². The van der Waals surface area contributed by atoms with Crippen LogP contribution in [0.3, 0.4) is 0 Å². The molecule has 0 aromatic heterocycles. The number of hydrogen-bond acceptors (Lipinski definition) is 4. The minimum absolute atomic E-state index is 0.0946. The normalized spacial score (nSPS) is 11.0. The second-order valence-corrected chi connectivity index (χ2v) is 8.21. The number of halogens is 1. The SMILES string of the molecule is CCCCCCCCCCCCCCCC(=O)OCCOCCOCCI. The minimum atomic E-state index is -0.0946. The summed E-state index contributed by atoms with van der Waals surface area (Å²) in [6, 6.07) is 0. The van der Waals surface area contributed by atoms with Crippen molar-refractivity contribution in [3.8, 4) is 0 Å². The highest BCUT2D eigenvalue weighted by Crippen LogP contribution is 2.13. The maximum absolute atomic E-state index is 11.6. The standard InChI is InChI=1S/C22H43IO4/c1-2-3-4-5-6-7-8-9-10-11-12-13-14-15-22(24)27-21-20-26-19-18-25-17-16-23/h2-21H2,1H3. The second-order valence-electron chi connectivity index (χ2n) is 7.13. The average Bonchev–Trinajstić information content (AvgIpc) is 2.67. The molecule has 0 amide bonds. The van der Waals surface area contributed by atoms with Gasteiger partial charge in [-0.15, -0.1) is 0 Å². The zero-order valence-electron chi connectivity index (χ0n) is 17.7. The van der Waals surface area contributed by atoms with Crippen LogP contribution in [0.25, 0.3) is 0 Å². The third kappa shape index (κ3) is 24.1. The summed E-state index contributed by atoms with van der Waals surface area (Å²) >= 11 is 2.27. The molecule has 0 unspecified atom stereocenters. The van der Waals surface area contributed by atoms with Gasteiger partial charge in [0.2, 0.25) is 0 Å². The van der Waals surface area contributed by atoms with Gasteiger partial charge in [-0.1, -0.05) is 107 Å². The number of unbranched alkanes of at least 4 members (excludes halogenated alkanes) is 12. The Morgan fingerprint density at radius 3 is 1.59 bits per heavy atom. The Labute approximate surface area is 181 Å². The molecule has 0 fully saturated rings. The first-order valence-electron chi connectivity index (χ1n) is 11.2. The van der Waals surface area contributed by atoms with Crippen molar-refractivity contribution in [1.29, 1.82) is 0 Å². The molecule has 0 spiro atoms. The molecule has 0 saturated carbocycles. The lowest BCUT2D eigenvalue weighted by atomic mass is 10.0. The number of carbonyl (C=O) groups excluding carboxylic acids is 1. The molecule has 0 heterocycles. The van der Waals surface area contributed by atoms with E-state index in [0.29, 0.717) is 32.8 Å². The van der Waals surface area contributed by atoms with Crippen molar-refractivity contribution in [2.24, 2.45) is 0 Å². The third-order valence-corrected chi connectivity index (χ3v) is 5.01. The van der Waals surface area contributed by atoms with Crippen molar-refractivity contribution in [3.63, 3.8) is 0 Å². The molecule has 5 heteroatoms. The molecule has 0 aliphatic rings. The van der Waals surface area contributed by atoms with Gasteiger partial charge in [0.15, 0.2) is 0 Å². The summed E-state index contributed by atoms with van der Waals surface area (Å²) in [5.74, 6) is -0.0946. The van der Waals surface area contributed by atoms with E-state index >= 15 is 0 Å². The van der Waals surface area contributed by atoms with Crippen LogP contribution in [0.2, 0.25) is 0 Å². The summed E-state index contributed by atoms with van der Waals surface area (Å²) in [7, 11) is 0. The van der Waals surface area contributed by atoms with Gasteiger partial charge < -0.3 is 14.2 Å². The van der Waals surface area contributed by atoms with Crippen LogP contribution in [0.1, 0.15) is 96.8 Å². The van der Waals surface area contributed by atoms with Crippen LogP contribution in [0.15, 0.2) is 0 Å². The topological polar surface area (TPSA) is 44.8 Å². The zero-order valence-corrected chi connectivity index (χ0v) is 19.8. The van der Waals surface area contributed by atoms with Crippen molar-refractivity contribution >= 4 is 28.6 Å². The smallest absolute Gasteiger partial charge is 0.305 e. The molecule has 0 aliphatic carbocycles. The van der Waals surface area contributed by atoms with E-state index in [1.54, 1.807) is 0 Å². The molecule has 0 atom stereocenters. The Bertz CT molecular complexity index is 300. The largest absolute Gasteiger partial charge is 0.463 e. The van der Waals surface area contributed by atoms with Gasteiger partial charge in [-0.05, 0) is 6.42 Å². The lowest BCUT2D eigenvalue weighted by Crippen LogP contribution is -2.13. The summed E-state index contributed by atoms with van der Waals surface area (Å²) < 4.78 is 16.8. The highest BCUT2D eigenvalue weighted by molar-refractivity contribution is 14.1. The summed E-state index contributed by atoms with van der Waals surface area (Å²) in [6.45, 7) is 5.01. The van der Waals surface area contributed by atoms with E-state index in [1.807, 2.05) is 0 Å². The Kier molecular flexibility index (Phi) is 24.3. The third-order valence-electron chi connectivity index (χ3n) is 4.57.